The number of carbonyl (C=O) groups excluding carboxylic acids is 1. The number of methoxy groups -OCH3 is 1. The third-order valence-corrected chi connectivity index (χ3v) is 5.96. The molecule has 1 aromatic rings. The molecule has 7 heteroatoms. The number of carbonyl (C=O) groups is 1. The first-order valence-electron chi connectivity index (χ1n) is 11.1. The van der Waals surface area contributed by atoms with Crippen LogP contribution >= 0.6 is 0 Å². The van der Waals surface area contributed by atoms with Crippen LogP contribution in [0.25, 0.3) is 5.57 Å². The van der Waals surface area contributed by atoms with Crippen molar-refractivity contribution in [1.82, 2.24) is 20.5 Å². The second-order valence-corrected chi connectivity index (χ2v) is 7.96. The molecule has 1 amide bonds. The standard InChI is InChI=1S/C27H23N5O2/c1-34-26-17-21(7-3-8-23(26)22-12-14-28-30-18-22)27(33)32-16-4-9-25(32)20-6-2-5-19(10-11-20)24-13-15-29-31-24/h2-3,5-6,8,10,13-15,17-18,25,28H,4,9,16H2,1H3,(H,29,31). The van der Waals surface area contributed by atoms with Crippen molar-refractivity contribution in [2.75, 3.05) is 13.7 Å². The largest absolute Gasteiger partial charge is 0.496 e. The molecule has 0 bridgehead atoms. The van der Waals surface area contributed by atoms with Crippen molar-refractivity contribution in [3.63, 3.8) is 0 Å². The summed E-state index contributed by atoms with van der Waals surface area (Å²) in [5.74, 6) is 0.478. The Kier molecular flexibility index (Phi) is 5.98. The van der Waals surface area contributed by atoms with E-state index >= 15 is 0 Å². The fraction of sp³-hybridized carbons (Fsp3) is 0.185. The van der Waals surface area contributed by atoms with E-state index < -0.39 is 0 Å². The fourth-order valence-electron chi connectivity index (χ4n) is 4.29. The Bertz CT molecular complexity index is 1360. The minimum Gasteiger partial charge on any atom is -0.496 e. The second kappa shape index (κ2) is 9.53. The summed E-state index contributed by atoms with van der Waals surface area (Å²) in [6, 6.07) is 1.86. The Balaban J connectivity index is 1.41. The lowest BCUT2D eigenvalue weighted by Crippen LogP contribution is -2.36. The lowest BCUT2D eigenvalue weighted by atomic mass is 10.0. The van der Waals surface area contributed by atoms with Crippen molar-refractivity contribution in [3.05, 3.63) is 112 Å². The Hall–Kier alpha value is -4.53. The van der Waals surface area contributed by atoms with Gasteiger partial charge in [-0.05, 0) is 43.2 Å². The molecule has 2 aliphatic heterocycles. The highest BCUT2D eigenvalue weighted by Crippen LogP contribution is 2.29. The Labute approximate surface area is 197 Å². The molecule has 2 N–H and O–H groups in total. The number of likely N-dealkylation sites (tertiary alicyclic amines) is 1. The first kappa shape index (κ1) is 21.3. The summed E-state index contributed by atoms with van der Waals surface area (Å²) in [4.78, 5) is 15.5. The molecule has 0 aromatic carbocycles. The molecule has 1 unspecified atom stereocenters. The van der Waals surface area contributed by atoms with Crippen LogP contribution in [0, 0.1) is 0 Å². The van der Waals surface area contributed by atoms with Gasteiger partial charge in [-0.15, -0.1) is 11.5 Å². The Morgan fingerprint density at radius 2 is 2.21 bits per heavy atom. The van der Waals surface area contributed by atoms with E-state index in [0.29, 0.717) is 17.9 Å². The molecule has 1 saturated heterocycles. The number of hydrogen-bond acceptors (Lipinski definition) is 5. The molecule has 2 aliphatic carbocycles. The lowest BCUT2D eigenvalue weighted by Gasteiger charge is -2.25. The van der Waals surface area contributed by atoms with E-state index in [2.05, 4.69) is 37.9 Å². The molecular weight excluding hydrogens is 426 g/mol. The number of rotatable bonds is 5. The molecule has 168 valence electrons. The molecule has 1 atom stereocenters. The fourth-order valence-corrected chi connectivity index (χ4v) is 4.29. The van der Waals surface area contributed by atoms with Gasteiger partial charge in [-0.1, -0.05) is 17.9 Å². The average molecular weight is 450 g/mol. The van der Waals surface area contributed by atoms with Crippen LogP contribution in [0.1, 0.15) is 18.5 Å². The number of aromatic amines is 1. The highest BCUT2D eigenvalue weighted by molar-refractivity contribution is 5.97. The summed E-state index contributed by atoms with van der Waals surface area (Å²) >= 11 is 0. The third kappa shape index (κ3) is 4.23. The number of aromatic nitrogens is 2. The van der Waals surface area contributed by atoms with Gasteiger partial charge in [0.15, 0.2) is 0 Å². The SMILES string of the molecule is COC1=CC(C(=O)N2CCCC2C2=C=CC(c3ccn[nH]3)=CC=C2)=C=CC=C1C1=C=CNN=C1. The quantitative estimate of drug-likeness (QED) is 0.673. The topological polar surface area (TPSA) is 82.6 Å². The maximum Gasteiger partial charge on any atom is 0.262 e. The highest BCUT2D eigenvalue weighted by atomic mass is 16.5. The molecule has 0 radical (unpaired) electrons. The molecule has 5 rings (SSSR count). The van der Waals surface area contributed by atoms with Gasteiger partial charge >= 0.3 is 0 Å². The van der Waals surface area contributed by atoms with Crippen LogP contribution in [0.2, 0.25) is 0 Å². The number of hydrazone groups is 1. The minimum absolute atomic E-state index is 0.0545. The van der Waals surface area contributed by atoms with Gasteiger partial charge in [-0.3, -0.25) is 15.3 Å². The summed E-state index contributed by atoms with van der Waals surface area (Å²) in [5, 5.41) is 11.0. The van der Waals surface area contributed by atoms with Gasteiger partial charge in [0.05, 0.1) is 36.8 Å². The zero-order valence-electron chi connectivity index (χ0n) is 18.7. The summed E-state index contributed by atoms with van der Waals surface area (Å²) < 4.78 is 5.62. The number of allylic oxidation sites excluding steroid dienone is 5. The van der Waals surface area contributed by atoms with Crippen molar-refractivity contribution >= 4 is 17.7 Å². The van der Waals surface area contributed by atoms with E-state index in [-0.39, 0.29) is 11.9 Å². The third-order valence-electron chi connectivity index (χ3n) is 5.96. The van der Waals surface area contributed by atoms with E-state index in [1.54, 1.807) is 37.9 Å². The van der Waals surface area contributed by atoms with Gasteiger partial charge in [0.25, 0.3) is 5.91 Å². The normalized spacial score (nSPS) is 21.0. The molecule has 0 spiro atoms. The van der Waals surface area contributed by atoms with E-state index in [4.69, 9.17) is 4.74 Å². The average Bonchev–Trinajstić information content (AvgIpc) is 3.47. The smallest absolute Gasteiger partial charge is 0.262 e. The van der Waals surface area contributed by atoms with Gasteiger partial charge in [0.2, 0.25) is 0 Å². The highest BCUT2D eigenvalue weighted by Gasteiger charge is 2.32. The molecular formula is C27H23N5O2. The number of nitrogens with zero attached hydrogens (tertiary/aromatic N) is 3. The molecule has 34 heavy (non-hydrogen) atoms. The predicted molar refractivity (Wildman–Crippen MR) is 130 cm³/mol. The van der Waals surface area contributed by atoms with Gasteiger partial charge in [-0.25, -0.2) is 0 Å². The van der Waals surface area contributed by atoms with Crippen LogP contribution in [0.5, 0.6) is 0 Å². The summed E-state index contributed by atoms with van der Waals surface area (Å²) in [7, 11) is 1.59. The van der Waals surface area contributed by atoms with Crippen LogP contribution in [-0.2, 0) is 9.53 Å². The summed E-state index contributed by atoms with van der Waals surface area (Å²) in [5.41, 5.74) is 17.3. The lowest BCUT2D eigenvalue weighted by molar-refractivity contribution is -0.126. The molecule has 3 heterocycles. The van der Waals surface area contributed by atoms with E-state index in [1.165, 1.54) is 0 Å². The van der Waals surface area contributed by atoms with Crippen molar-refractivity contribution < 1.29 is 9.53 Å². The van der Waals surface area contributed by atoms with Crippen LogP contribution < -0.4 is 5.43 Å². The predicted octanol–water partition coefficient (Wildman–Crippen LogP) is 3.62. The van der Waals surface area contributed by atoms with Gasteiger partial charge in [0, 0.05) is 41.1 Å². The van der Waals surface area contributed by atoms with Gasteiger partial charge in [0.1, 0.15) is 5.76 Å². The zero-order valence-corrected chi connectivity index (χ0v) is 18.7. The molecule has 7 nitrogen and oxygen atoms in total. The van der Waals surface area contributed by atoms with Crippen molar-refractivity contribution in [1.29, 1.82) is 0 Å². The van der Waals surface area contributed by atoms with Crippen molar-refractivity contribution in [2.24, 2.45) is 5.10 Å². The van der Waals surface area contributed by atoms with Crippen LogP contribution in [0.15, 0.2) is 111 Å². The van der Waals surface area contributed by atoms with E-state index in [0.717, 1.165) is 40.8 Å². The summed E-state index contributed by atoms with van der Waals surface area (Å²) in [6.45, 7) is 0.678. The van der Waals surface area contributed by atoms with Gasteiger partial charge in [-0.2, -0.15) is 10.2 Å². The minimum atomic E-state index is -0.0832. The Morgan fingerprint density at radius 3 is 3.00 bits per heavy atom. The zero-order chi connectivity index (χ0) is 23.3. The maximum absolute atomic E-state index is 13.6. The molecule has 0 saturated carbocycles. The van der Waals surface area contributed by atoms with E-state index in [9.17, 15) is 4.79 Å². The van der Waals surface area contributed by atoms with Crippen LogP contribution in [0.4, 0.5) is 0 Å². The monoisotopic (exact) mass is 449 g/mol. The van der Waals surface area contributed by atoms with Crippen molar-refractivity contribution in [3.8, 4) is 0 Å². The molecule has 4 aliphatic rings. The van der Waals surface area contributed by atoms with Gasteiger partial charge < -0.3 is 9.64 Å². The maximum atomic E-state index is 13.6. The first-order valence-corrected chi connectivity index (χ1v) is 11.1. The van der Waals surface area contributed by atoms with Crippen LogP contribution in [0.3, 0.4) is 0 Å². The van der Waals surface area contributed by atoms with E-state index in [1.807, 2.05) is 41.3 Å². The number of amides is 1. The number of ether oxygens (including phenoxy) is 1. The first-order chi connectivity index (χ1) is 16.7. The summed E-state index contributed by atoms with van der Waals surface area (Å²) in [6.07, 6.45) is 20.1. The Morgan fingerprint density at radius 1 is 1.26 bits per heavy atom. The number of H-pyrrole nitrogens is 1. The molecule has 1 aromatic heterocycles. The number of hydrogen-bond donors (Lipinski definition) is 2. The van der Waals surface area contributed by atoms with Crippen LogP contribution in [-0.4, -0.2) is 46.9 Å². The molecule has 1 fully saturated rings. The van der Waals surface area contributed by atoms with Crippen molar-refractivity contribution in [2.45, 2.75) is 18.9 Å². The number of nitrogens with one attached hydrogen (secondary N) is 2. The second-order valence-electron chi connectivity index (χ2n) is 7.96.